The molecule has 0 saturated heterocycles. The summed E-state index contributed by atoms with van der Waals surface area (Å²) in [6.45, 7) is 1.49. The van der Waals surface area contributed by atoms with Gasteiger partial charge in [-0.15, -0.1) is 0 Å². The van der Waals surface area contributed by atoms with Crippen LogP contribution in [0.4, 0.5) is 0 Å². The van der Waals surface area contributed by atoms with Crippen LogP contribution in [0.25, 0.3) is 10.2 Å². The molecule has 2 N–H and O–H groups in total. The molecule has 2 aromatic rings. The first-order chi connectivity index (χ1) is 6.74. The molecule has 0 aliphatic carbocycles. The Balaban J connectivity index is 2.96. The summed E-state index contributed by atoms with van der Waals surface area (Å²) in [5, 5.41) is 3.59. The number of hydrogen-bond acceptors (Lipinski definition) is 4. The van der Waals surface area contributed by atoms with E-state index in [0.717, 1.165) is 10.2 Å². The molecule has 0 spiro atoms. The lowest BCUT2D eigenvalue weighted by molar-refractivity contribution is 0.0938. The second-order valence-corrected chi connectivity index (χ2v) is 3.84. The number of carbonyl (C=O) groups is 1. The standard InChI is InChI=1S/C9H9N3OS/c1-6(13)12-7-4-2-3-5-8(7)14-9(12)11-10/h2-5H,10H2,1H3. The molecular formula is C9H9N3OS. The fourth-order valence-electron chi connectivity index (χ4n) is 1.36. The van der Waals surface area contributed by atoms with Crippen molar-refractivity contribution in [1.82, 2.24) is 4.57 Å². The highest BCUT2D eigenvalue weighted by atomic mass is 32.1. The minimum atomic E-state index is -0.0772. The van der Waals surface area contributed by atoms with Crippen LogP contribution in [0.2, 0.25) is 0 Å². The molecule has 1 aromatic heterocycles. The van der Waals surface area contributed by atoms with E-state index in [0.29, 0.717) is 4.80 Å². The number of thiazole rings is 1. The van der Waals surface area contributed by atoms with Gasteiger partial charge in [0.25, 0.3) is 0 Å². The number of hydrogen-bond donors (Lipinski definition) is 1. The maximum Gasteiger partial charge on any atom is 0.230 e. The molecule has 0 radical (unpaired) electrons. The molecule has 0 aliphatic rings. The van der Waals surface area contributed by atoms with E-state index in [2.05, 4.69) is 5.10 Å². The molecule has 0 atom stereocenters. The van der Waals surface area contributed by atoms with Crippen LogP contribution in [0.5, 0.6) is 0 Å². The largest absolute Gasteiger partial charge is 0.320 e. The predicted octanol–water partition coefficient (Wildman–Crippen LogP) is 1.14. The summed E-state index contributed by atoms with van der Waals surface area (Å²) in [4.78, 5) is 11.9. The molecule has 0 saturated carbocycles. The van der Waals surface area contributed by atoms with Crippen LogP contribution < -0.4 is 10.6 Å². The van der Waals surface area contributed by atoms with Crippen LogP contribution in [0.3, 0.4) is 0 Å². The summed E-state index contributed by atoms with van der Waals surface area (Å²) < 4.78 is 2.52. The van der Waals surface area contributed by atoms with Gasteiger partial charge in [0, 0.05) is 6.92 Å². The molecule has 4 nitrogen and oxygen atoms in total. The Hall–Kier alpha value is -1.62. The van der Waals surface area contributed by atoms with Gasteiger partial charge in [-0.1, -0.05) is 23.5 Å². The first-order valence-corrected chi connectivity index (χ1v) is 4.91. The molecule has 1 aromatic carbocycles. The summed E-state index contributed by atoms with van der Waals surface area (Å²) in [7, 11) is 0. The first kappa shape index (κ1) is 8.96. The number of carbonyl (C=O) groups excluding carboxylic acids is 1. The zero-order valence-electron chi connectivity index (χ0n) is 7.60. The van der Waals surface area contributed by atoms with E-state index in [1.165, 1.54) is 22.8 Å². The number of para-hydroxylation sites is 1. The third-order valence-corrected chi connectivity index (χ3v) is 2.96. The van der Waals surface area contributed by atoms with Gasteiger partial charge in [0.15, 0.2) is 0 Å². The number of fused-ring (bicyclic) bond motifs is 1. The average Bonchev–Trinajstić information content (AvgIpc) is 2.55. The second kappa shape index (κ2) is 3.26. The third kappa shape index (κ3) is 1.22. The normalized spacial score (nSPS) is 12.2. The van der Waals surface area contributed by atoms with Crippen LogP contribution in [0, 0.1) is 0 Å². The van der Waals surface area contributed by atoms with Crippen LogP contribution in [0.15, 0.2) is 29.4 Å². The zero-order chi connectivity index (χ0) is 10.1. The zero-order valence-corrected chi connectivity index (χ0v) is 8.41. The number of nitrogens with zero attached hydrogens (tertiary/aromatic N) is 2. The van der Waals surface area contributed by atoms with Gasteiger partial charge in [0.05, 0.1) is 10.2 Å². The smallest absolute Gasteiger partial charge is 0.230 e. The molecule has 0 aliphatic heterocycles. The second-order valence-electron chi connectivity index (χ2n) is 2.84. The van der Waals surface area contributed by atoms with Crippen molar-refractivity contribution >= 4 is 27.5 Å². The Morgan fingerprint density at radius 2 is 2.21 bits per heavy atom. The van der Waals surface area contributed by atoms with E-state index >= 15 is 0 Å². The topological polar surface area (TPSA) is 60.4 Å². The molecule has 2 rings (SSSR count). The Morgan fingerprint density at radius 1 is 1.50 bits per heavy atom. The molecule has 14 heavy (non-hydrogen) atoms. The Bertz CT molecular complexity index is 552. The van der Waals surface area contributed by atoms with Crippen molar-refractivity contribution in [2.45, 2.75) is 6.92 Å². The molecule has 0 unspecified atom stereocenters. The number of rotatable bonds is 0. The predicted molar refractivity (Wildman–Crippen MR) is 55.9 cm³/mol. The first-order valence-electron chi connectivity index (χ1n) is 4.09. The Morgan fingerprint density at radius 3 is 2.86 bits per heavy atom. The van der Waals surface area contributed by atoms with Crippen molar-refractivity contribution in [2.24, 2.45) is 10.9 Å². The van der Waals surface area contributed by atoms with Crippen LogP contribution >= 0.6 is 11.3 Å². The fourth-order valence-corrected chi connectivity index (χ4v) is 2.34. The summed E-state index contributed by atoms with van der Waals surface area (Å²) in [6, 6.07) is 7.62. The van der Waals surface area contributed by atoms with Gasteiger partial charge < -0.3 is 5.84 Å². The molecule has 1 heterocycles. The maximum absolute atomic E-state index is 11.4. The van der Waals surface area contributed by atoms with Gasteiger partial charge >= 0.3 is 0 Å². The highest BCUT2D eigenvalue weighted by Gasteiger charge is 2.07. The quantitative estimate of drug-likeness (QED) is 0.520. The molecule has 0 fully saturated rings. The van der Waals surface area contributed by atoms with E-state index in [-0.39, 0.29) is 5.91 Å². The van der Waals surface area contributed by atoms with Crippen molar-refractivity contribution in [1.29, 1.82) is 0 Å². The van der Waals surface area contributed by atoms with E-state index < -0.39 is 0 Å². The summed E-state index contributed by atoms with van der Waals surface area (Å²) >= 11 is 1.40. The van der Waals surface area contributed by atoms with E-state index in [1.54, 1.807) is 0 Å². The van der Waals surface area contributed by atoms with Gasteiger partial charge in [-0.3, -0.25) is 9.36 Å². The van der Waals surface area contributed by atoms with Crippen LogP contribution in [-0.2, 0) is 0 Å². The fraction of sp³-hybridized carbons (Fsp3) is 0.111. The summed E-state index contributed by atoms with van der Waals surface area (Å²) in [6.07, 6.45) is 0. The van der Waals surface area contributed by atoms with Gasteiger partial charge in [0.1, 0.15) is 0 Å². The summed E-state index contributed by atoms with van der Waals surface area (Å²) in [5.41, 5.74) is 0.856. The van der Waals surface area contributed by atoms with Gasteiger partial charge in [-0.25, -0.2) is 0 Å². The van der Waals surface area contributed by atoms with Gasteiger partial charge in [0.2, 0.25) is 10.7 Å². The van der Waals surface area contributed by atoms with Crippen molar-refractivity contribution < 1.29 is 4.79 Å². The summed E-state index contributed by atoms with van der Waals surface area (Å²) in [5.74, 6) is 5.14. The molecule has 72 valence electrons. The van der Waals surface area contributed by atoms with E-state index in [9.17, 15) is 4.79 Å². The van der Waals surface area contributed by atoms with Crippen molar-refractivity contribution in [3.63, 3.8) is 0 Å². The van der Waals surface area contributed by atoms with Gasteiger partial charge in [-0.05, 0) is 12.1 Å². The Kier molecular flexibility index (Phi) is 2.09. The Labute approximate surface area is 84.3 Å². The highest BCUT2D eigenvalue weighted by molar-refractivity contribution is 7.16. The number of aromatic nitrogens is 1. The lowest BCUT2D eigenvalue weighted by Gasteiger charge is -1.96. The number of nitrogens with two attached hydrogens (primary N) is 1. The highest BCUT2D eigenvalue weighted by Crippen LogP contribution is 2.15. The molecule has 0 bridgehead atoms. The molecule has 5 heteroatoms. The van der Waals surface area contributed by atoms with Crippen LogP contribution in [0.1, 0.15) is 11.7 Å². The molecule has 0 amide bonds. The van der Waals surface area contributed by atoms with Gasteiger partial charge in [-0.2, -0.15) is 5.10 Å². The van der Waals surface area contributed by atoms with Crippen molar-refractivity contribution in [2.75, 3.05) is 0 Å². The third-order valence-electron chi connectivity index (χ3n) is 1.92. The van der Waals surface area contributed by atoms with E-state index in [4.69, 9.17) is 5.84 Å². The lowest BCUT2D eigenvalue weighted by Crippen LogP contribution is -2.21. The van der Waals surface area contributed by atoms with E-state index in [1.807, 2.05) is 24.3 Å². The lowest BCUT2D eigenvalue weighted by atomic mass is 10.3. The maximum atomic E-state index is 11.4. The molecular weight excluding hydrogens is 198 g/mol. The minimum Gasteiger partial charge on any atom is -0.320 e. The minimum absolute atomic E-state index is 0.0772. The number of benzene rings is 1. The van der Waals surface area contributed by atoms with Crippen molar-refractivity contribution in [3.05, 3.63) is 29.1 Å². The SMILES string of the molecule is CC(=O)n1c(=NN)sc2ccccc21. The average molecular weight is 207 g/mol. The monoisotopic (exact) mass is 207 g/mol. The van der Waals surface area contributed by atoms with Crippen molar-refractivity contribution in [3.8, 4) is 0 Å². The van der Waals surface area contributed by atoms with Crippen LogP contribution in [-0.4, -0.2) is 10.5 Å².